The zero-order chi connectivity index (χ0) is 18.5. The number of carbonyl (C=O) groups is 2. The van der Waals surface area contributed by atoms with E-state index in [2.05, 4.69) is 20.6 Å². The van der Waals surface area contributed by atoms with Gasteiger partial charge in [0.2, 0.25) is 11.8 Å². The van der Waals surface area contributed by atoms with E-state index in [0.717, 1.165) is 23.2 Å². The number of imidazole rings is 1. The van der Waals surface area contributed by atoms with E-state index in [0.29, 0.717) is 16.5 Å². The first kappa shape index (κ1) is 18.0. The molecule has 3 N–H and O–H groups in total. The fourth-order valence-corrected chi connectivity index (χ4v) is 2.59. The van der Waals surface area contributed by atoms with Gasteiger partial charge < -0.3 is 15.6 Å². The van der Waals surface area contributed by atoms with E-state index in [1.165, 1.54) is 0 Å². The molecule has 8 heteroatoms. The summed E-state index contributed by atoms with van der Waals surface area (Å²) in [6.45, 7) is 0.222. The number of anilines is 1. The van der Waals surface area contributed by atoms with Gasteiger partial charge in [0.25, 0.3) is 0 Å². The number of aromatic amines is 1. The topological polar surface area (TPSA) is 86.9 Å². The van der Waals surface area contributed by atoms with Crippen molar-refractivity contribution in [3.63, 3.8) is 0 Å². The van der Waals surface area contributed by atoms with Gasteiger partial charge in [-0.2, -0.15) is 0 Å². The summed E-state index contributed by atoms with van der Waals surface area (Å²) in [6, 6.07) is 12.5. The number of hydrogen-bond acceptors (Lipinski definition) is 3. The van der Waals surface area contributed by atoms with Crippen molar-refractivity contribution < 1.29 is 9.59 Å². The fraction of sp³-hybridized carbons (Fsp3) is 0.0556. The lowest BCUT2D eigenvalue weighted by Gasteiger charge is -2.05. The number of para-hydroxylation sites is 2. The second kappa shape index (κ2) is 8.03. The van der Waals surface area contributed by atoms with Crippen molar-refractivity contribution in [2.75, 3.05) is 5.32 Å². The molecule has 0 bridgehead atoms. The number of rotatable bonds is 5. The molecule has 0 atom stereocenters. The van der Waals surface area contributed by atoms with Crippen LogP contribution in [0.1, 0.15) is 5.82 Å². The summed E-state index contributed by atoms with van der Waals surface area (Å²) in [4.78, 5) is 31.2. The van der Waals surface area contributed by atoms with Gasteiger partial charge in [-0.15, -0.1) is 0 Å². The van der Waals surface area contributed by atoms with Gasteiger partial charge in [0.1, 0.15) is 5.82 Å². The van der Waals surface area contributed by atoms with Crippen LogP contribution in [0.25, 0.3) is 11.0 Å². The quantitative estimate of drug-likeness (QED) is 0.582. The zero-order valence-corrected chi connectivity index (χ0v) is 14.9. The number of aromatic nitrogens is 2. The molecule has 0 radical (unpaired) electrons. The molecule has 0 spiro atoms. The molecule has 132 valence electrons. The first-order valence-corrected chi connectivity index (χ1v) is 8.43. The Bertz CT molecular complexity index is 965. The molecular weight excluding hydrogens is 375 g/mol. The Morgan fingerprint density at radius 3 is 2.62 bits per heavy atom. The predicted molar refractivity (Wildman–Crippen MR) is 102 cm³/mol. The number of carbonyl (C=O) groups excluding carboxylic acids is 2. The van der Waals surface area contributed by atoms with Gasteiger partial charge in [-0.05, 0) is 24.3 Å². The first-order valence-electron chi connectivity index (χ1n) is 7.67. The van der Waals surface area contributed by atoms with Crippen LogP contribution in [0.5, 0.6) is 0 Å². The number of amides is 2. The summed E-state index contributed by atoms with van der Waals surface area (Å²) < 4.78 is 0. The highest BCUT2D eigenvalue weighted by molar-refractivity contribution is 6.44. The normalized spacial score (nSPS) is 11.0. The van der Waals surface area contributed by atoms with Crippen LogP contribution in [0, 0.1) is 0 Å². The number of H-pyrrole nitrogens is 1. The number of hydrogen-bond donors (Lipinski definition) is 3. The van der Waals surface area contributed by atoms with E-state index in [4.69, 9.17) is 23.2 Å². The lowest BCUT2D eigenvalue weighted by atomic mass is 10.3. The van der Waals surface area contributed by atoms with Crippen molar-refractivity contribution >= 4 is 51.7 Å². The van der Waals surface area contributed by atoms with Crippen molar-refractivity contribution in [1.29, 1.82) is 0 Å². The molecule has 6 nitrogen and oxygen atoms in total. The van der Waals surface area contributed by atoms with Gasteiger partial charge in [-0.3, -0.25) is 9.59 Å². The highest BCUT2D eigenvalue weighted by Crippen LogP contribution is 2.29. The molecule has 0 saturated carbocycles. The van der Waals surface area contributed by atoms with Crippen LogP contribution in [0.4, 0.5) is 5.69 Å². The molecule has 3 rings (SSSR count). The molecule has 3 aromatic rings. The van der Waals surface area contributed by atoms with Gasteiger partial charge in [0.05, 0.1) is 33.3 Å². The van der Waals surface area contributed by atoms with Crippen molar-refractivity contribution in [1.82, 2.24) is 15.3 Å². The molecule has 0 aliphatic carbocycles. The average molecular weight is 389 g/mol. The summed E-state index contributed by atoms with van der Waals surface area (Å²) in [7, 11) is 0. The summed E-state index contributed by atoms with van der Waals surface area (Å²) in [5.41, 5.74) is 2.09. The van der Waals surface area contributed by atoms with Gasteiger partial charge in [-0.1, -0.05) is 41.4 Å². The van der Waals surface area contributed by atoms with Gasteiger partial charge in [0.15, 0.2) is 0 Å². The molecule has 2 aromatic carbocycles. The highest BCUT2D eigenvalue weighted by atomic mass is 35.5. The molecule has 2 amide bonds. The largest absolute Gasteiger partial charge is 0.345 e. The molecule has 0 fully saturated rings. The third-order valence-electron chi connectivity index (χ3n) is 3.46. The van der Waals surface area contributed by atoms with Crippen molar-refractivity contribution in [2.24, 2.45) is 0 Å². The Kier molecular flexibility index (Phi) is 5.55. The van der Waals surface area contributed by atoms with Crippen LogP contribution in [0.3, 0.4) is 0 Å². The van der Waals surface area contributed by atoms with E-state index in [1.54, 1.807) is 18.2 Å². The summed E-state index contributed by atoms with van der Waals surface area (Å²) in [5.74, 6) is -0.283. The number of nitrogens with one attached hydrogen (secondary N) is 3. The zero-order valence-electron chi connectivity index (χ0n) is 13.4. The van der Waals surface area contributed by atoms with E-state index < -0.39 is 11.8 Å². The third kappa shape index (κ3) is 4.41. The molecule has 1 heterocycles. The minimum Gasteiger partial charge on any atom is -0.345 e. The molecule has 0 aliphatic heterocycles. The smallest absolute Gasteiger partial charge is 0.248 e. The van der Waals surface area contributed by atoms with Crippen LogP contribution < -0.4 is 10.6 Å². The van der Waals surface area contributed by atoms with Crippen molar-refractivity contribution in [2.45, 2.75) is 6.54 Å². The predicted octanol–water partition coefficient (Wildman–Crippen LogP) is 3.68. The minimum absolute atomic E-state index is 0.222. The summed E-state index contributed by atoms with van der Waals surface area (Å²) in [6.07, 6.45) is 2.25. The molecule has 0 saturated heterocycles. The van der Waals surface area contributed by atoms with Crippen LogP contribution in [-0.2, 0) is 16.1 Å². The Hall–Kier alpha value is -2.83. The van der Waals surface area contributed by atoms with Crippen LogP contribution in [-0.4, -0.2) is 21.8 Å². The Morgan fingerprint density at radius 2 is 1.81 bits per heavy atom. The lowest BCUT2D eigenvalue weighted by Crippen LogP contribution is -2.21. The SMILES string of the molecule is O=C(/C=C/C(=O)Nc1cccc(Cl)c1Cl)NCc1nc2ccccc2[nH]1. The van der Waals surface area contributed by atoms with Gasteiger partial charge in [-0.25, -0.2) is 4.98 Å². The number of benzene rings is 2. The lowest BCUT2D eigenvalue weighted by molar-refractivity contribution is -0.117. The van der Waals surface area contributed by atoms with Crippen LogP contribution in [0.15, 0.2) is 54.6 Å². The van der Waals surface area contributed by atoms with Crippen molar-refractivity contribution in [3.8, 4) is 0 Å². The molecular formula is C18H14Cl2N4O2. The highest BCUT2D eigenvalue weighted by Gasteiger charge is 2.07. The second-order valence-corrected chi connectivity index (χ2v) is 6.13. The maximum absolute atomic E-state index is 11.9. The average Bonchev–Trinajstić information content (AvgIpc) is 3.05. The fourth-order valence-electron chi connectivity index (χ4n) is 2.25. The Balaban J connectivity index is 1.53. The maximum Gasteiger partial charge on any atom is 0.248 e. The van der Waals surface area contributed by atoms with E-state index in [-0.39, 0.29) is 11.6 Å². The Labute approximate surface area is 159 Å². The summed E-state index contributed by atoms with van der Waals surface area (Å²) >= 11 is 11.9. The molecule has 26 heavy (non-hydrogen) atoms. The number of halogens is 2. The Morgan fingerprint density at radius 1 is 1.04 bits per heavy atom. The maximum atomic E-state index is 11.9. The van der Waals surface area contributed by atoms with Gasteiger partial charge >= 0.3 is 0 Å². The molecule has 0 unspecified atom stereocenters. The number of nitrogens with zero attached hydrogens (tertiary/aromatic N) is 1. The van der Waals surface area contributed by atoms with E-state index in [9.17, 15) is 9.59 Å². The monoisotopic (exact) mass is 388 g/mol. The van der Waals surface area contributed by atoms with Crippen LogP contribution in [0.2, 0.25) is 10.0 Å². The third-order valence-corrected chi connectivity index (χ3v) is 4.28. The van der Waals surface area contributed by atoms with E-state index in [1.807, 2.05) is 24.3 Å². The van der Waals surface area contributed by atoms with Crippen LogP contribution >= 0.6 is 23.2 Å². The summed E-state index contributed by atoms with van der Waals surface area (Å²) in [5, 5.41) is 5.78. The first-order chi connectivity index (χ1) is 12.5. The van der Waals surface area contributed by atoms with Crippen molar-refractivity contribution in [3.05, 3.63) is 70.5 Å². The molecule has 1 aromatic heterocycles. The standard InChI is InChI=1S/C18H14Cl2N4O2/c19-11-4-3-7-14(18(11)20)24-17(26)9-8-16(25)21-10-15-22-12-5-1-2-6-13(12)23-15/h1-9H,10H2,(H,21,25)(H,22,23)(H,24,26)/b9-8+. The second-order valence-electron chi connectivity index (χ2n) is 5.34. The van der Waals surface area contributed by atoms with Gasteiger partial charge in [0, 0.05) is 12.2 Å². The number of fused-ring (bicyclic) bond motifs is 1. The van der Waals surface area contributed by atoms with E-state index >= 15 is 0 Å². The minimum atomic E-state index is -0.493. The molecule has 0 aliphatic rings.